The van der Waals surface area contributed by atoms with Gasteiger partial charge in [-0.2, -0.15) is 0 Å². The SMILES string of the molecule is CCC1=C(Br)/C(=C(\C)Br)OC1=O. The van der Waals surface area contributed by atoms with Gasteiger partial charge in [0.2, 0.25) is 0 Å². The van der Waals surface area contributed by atoms with E-state index in [0.29, 0.717) is 17.8 Å². The largest absolute Gasteiger partial charge is 0.421 e. The van der Waals surface area contributed by atoms with E-state index in [-0.39, 0.29) is 5.97 Å². The average Bonchev–Trinajstić information content (AvgIpc) is 2.27. The zero-order valence-corrected chi connectivity index (χ0v) is 9.95. The van der Waals surface area contributed by atoms with E-state index in [0.717, 1.165) is 8.96 Å². The second kappa shape index (κ2) is 3.75. The molecule has 1 heterocycles. The molecule has 0 fully saturated rings. The molecule has 0 radical (unpaired) electrons. The minimum Gasteiger partial charge on any atom is -0.421 e. The van der Waals surface area contributed by atoms with Gasteiger partial charge in [0.25, 0.3) is 0 Å². The number of rotatable bonds is 1. The maximum atomic E-state index is 11.2. The summed E-state index contributed by atoms with van der Waals surface area (Å²) in [6.45, 7) is 3.76. The standard InChI is InChI=1S/C8H8Br2O2/c1-3-5-6(10)7(4(2)9)12-8(5)11/h3H2,1-2H3/b7-4-. The highest BCUT2D eigenvalue weighted by Gasteiger charge is 2.27. The molecule has 0 aromatic carbocycles. The summed E-state index contributed by atoms with van der Waals surface area (Å²) in [5.74, 6) is 0.343. The van der Waals surface area contributed by atoms with Crippen molar-refractivity contribution in [2.45, 2.75) is 20.3 Å². The van der Waals surface area contributed by atoms with Crippen molar-refractivity contribution in [1.29, 1.82) is 0 Å². The summed E-state index contributed by atoms with van der Waals surface area (Å²) < 4.78 is 6.60. The first-order valence-electron chi connectivity index (χ1n) is 3.55. The van der Waals surface area contributed by atoms with Gasteiger partial charge in [0.15, 0.2) is 5.76 Å². The second-order valence-corrected chi connectivity index (χ2v) is 4.38. The van der Waals surface area contributed by atoms with Crippen LogP contribution in [0.15, 0.2) is 20.3 Å². The van der Waals surface area contributed by atoms with Crippen molar-refractivity contribution < 1.29 is 9.53 Å². The number of esters is 1. The van der Waals surface area contributed by atoms with Crippen LogP contribution >= 0.6 is 31.9 Å². The molecule has 0 amide bonds. The number of allylic oxidation sites excluding steroid dienone is 2. The van der Waals surface area contributed by atoms with Gasteiger partial charge in [-0.05, 0) is 29.3 Å². The van der Waals surface area contributed by atoms with E-state index in [9.17, 15) is 4.79 Å². The van der Waals surface area contributed by atoms with Crippen LogP contribution in [0.2, 0.25) is 0 Å². The number of halogens is 2. The minimum absolute atomic E-state index is 0.252. The van der Waals surface area contributed by atoms with Crippen molar-refractivity contribution in [2.24, 2.45) is 0 Å². The summed E-state index contributed by atoms with van der Waals surface area (Å²) in [5.41, 5.74) is 0.698. The topological polar surface area (TPSA) is 26.3 Å². The third-order valence-electron chi connectivity index (χ3n) is 1.57. The van der Waals surface area contributed by atoms with E-state index in [1.165, 1.54) is 0 Å². The first kappa shape index (κ1) is 9.99. The smallest absolute Gasteiger partial charge is 0.340 e. The first-order chi connectivity index (χ1) is 5.57. The van der Waals surface area contributed by atoms with Gasteiger partial charge in [-0.1, -0.05) is 22.9 Å². The zero-order chi connectivity index (χ0) is 9.30. The van der Waals surface area contributed by atoms with E-state index in [1.54, 1.807) is 0 Å². The molecule has 12 heavy (non-hydrogen) atoms. The summed E-state index contributed by atoms with van der Waals surface area (Å²) >= 11 is 6.58. The lowest BCUT2D eigenvalue weighted by Gasteiger charge is -1.97. The molecule has 2 nitrogen and oxygen atoms in total. The summed E-state index contributed by atoms with van der Waals surface area (Å²) in [5, 5.41) is 0. The molecule has 0 aromatic heterocycles. The molecule has 66 valence electrons. The lowest BCUT2D eigenvalue weighted by Crippen LogP contribution is -1.97. The molecule has 0 N–H and O–H groups in total. The monoisotopic (exact) mass is 294 g/mol. The molecule has 0 spiro atoms. The minimum atomic E-state index is -0.252. The van der Waals surface area contributed by atoms with Gasteiger partial charge in [-0.3, -0.25) is 0 Å². The van der Waals surface area contributed by atoms with Crippen LogP contribution in [0.3, 0.4) is 0 Å². The van der Waals surface area contributed by atoms with Gasteiger partial charge in [0.05, 0.1) is 10.1 Å². The van der Waals surface area contributed by atoms with E-state index >= 15 is 0 Å². The Balaban J connectivity index is 3.14. The molecule has 1 aliphatic rings. The van der Waals surface area contributed by atoms with Crippen molar-refractivity contribution in [2.75, 3.05) is 0 Å². The molecule has 0 saturated carbocycles. The molecule has 4 heteroatoms. The molecule has 1 rings (SSSR count). The normalized spacial score (nSPS) is 21.5. The Morgan fingerprint density at radius 1 is 1.58 bits per heavy atom. The predicted molar refractivity (Wildman–Crippen MR) is 54.0 cm³/mol. The van der Waals surface area contributed by atoms with Crippen LogP contribution in [0.1, 0.15) is 20.3 Å². The summed E-state index contributed by atoms with van der Waals surface area (Å²) in [6, 6.07) is 0. The fourth-order valence-electron chi connectivity index (χ4n) is 0.947. The highest BCUT2D eigenvalue weighted by molar-refractivity contribution is 9.12. The molecule has 0 bridgehead atoms. The molecule has 0 aliphatic carbocycles. The second-order valence-electron chi connectivity index (χ2n) is 2.40. The number of carbonyl (C=O) groups excluding carboxylic acids is 1. The third kappa shape index (κ3) is 1.64. The van der Waals surface area contributed by atoms with Gasteiger partial charge >= 0.3 is 5.97 Å². The van der Waals surface area contributed by atoms with Crippen LogP contribution in [0.25, 0.3) is 0 Å². The molecule has 1 aliphatic heterocycles. The fraction of sp³-hybridized carbons (Fsp3) is 0.375. The molecule has 0 saturated heterocycles. The molecular formula is C8H8Br2O2. The number of cyclic esters (lactones) is 1. The molecular weight excluding hydrogens is 288 g/mol. The Morgan fingerprint density at radius 2 is 2.17 bits per heavy atom. The summed E-state index contributed by atoms with van der Waals surface area (Å²) in [6.07, 6.45) is 0.684. The third-order valence-corrected chi connectivity index (χ3v) is 2.77. The van der Waals surface area contributed by atoms with Gasteiger partial charge in [0.1, 0.15) is 0 Å². The molecule has 0 aromatic rings. The highest BCUT2D eigenvalue weighted by atomic mass is 79.9. The summed E-state index contributed by atoms with van der Waals surface area (Å²) in [7, 11) is 0. The number of hydrogen-bond acceptors (Lipinski definition) is 2. The lowest BCUT2D eigenvalue weighted by molar-refractivity contribution is -0.133. The maximum Gasteiger partial charge on any atom is 0.340 e. The molecule has 0 atom stereocenters. The Kier molecular flexibility index (Phi) is 3.12. The number of carbonyl (C=O) groups is 1. The Morgan fingerprint density at radius 3 is 2.42 bits per heavy atom. The van der Waals surface area contributed by atoms with Gasteiger partial charge in [-0.15, -0.1) is 0 Å². The molecule has 0 unspecified atom stereocenters. The summed E-state index contributed by atoms with van der Waals surface area (Å²) in [4.78, 5) is 11.2. The van der Waals surface area contributed by atoms with E-state index in [1.807, 2.05) is 13.8 Å². The Hall–Kier alpha value is -0.0900. The van der Waals surface area contributed by atoms with E-state index in [2.05, 4.69) is 31.9 Å². The van der Waals surface area contributed by atoms with Crippen molar-refractivity contribution in [3.05, 3.63) is 20.3 Å². The predicted octanol–water partition coefficient (Wildman–Crippen LogP) is 3.23. The quantitative estimate of drug-likeness (QED) is 0.694. The number of ether oxygens (including phenoxy) is 1. The first-order valence-corrected chi connectivity index (χ1v) is 5.14. The van der Waals surface area contributed by atoms with Crippen molar-refractivity contribution in [1.82, 2.24) is 0 Å². The van der Waals surface area contributed by atoms with Crippen LogP contribution in [-0.4, -0.2) is 5.97 Å². The van der Waals surface area contributed by atoms with Gasteiger partial charge in [-0.25, -0.2) is 4.79 Å². The average molecular weight is 296 g/mol. The van der Waals surface area contributed by atoms with Crippen LogP contribution in [0, 0.1) is 0 Å². The highest BCUT2D eigenvalue weighted by Crippen LogP contribution is 2.35. The van der Waals surface area contributed by atoms with E-state index < -0.39 is 0 Å². The lowest BCUT2D eigenvalue weighted by atomic mass is 10.2. The van der Waals surface area contributed by atoms with Crippen molar-refractivity contribution in [3.8, 4) is 0 Å². The van der Waals surface area contributed by atoms with Crippen molar-refractivity contribution in [3.63, 3.8) is 0 Å². The zero-order valence-electron chi connectivity index (χ0n) is 6.78. The van der Waals surface area contributed by atoms with Gasteiger partial charge < -0.3 is 4.74 Å². The Bertz CT molecular complexity index is 285. The van der Waals surface area contributed by atoms with Crippen LogP contribution in [0.5, 0.6) is 0 Å². The van der Waals surface area contributed by atoms with Crippen molar-refractivity contribution >= 4 is 37.8 Å². The van der Waals surface area contributed by atoms with E-state index in [4.69, 9.17) is 4.74 Å². The van der Waals surface area contributed by atoms with Crippen LogP contribution < -0.4 is 0 Å². The Labute approximate surface area is 87.9 Å². The van der Waals surface area contributed by atoms with Crippen LogP contribution in [0.4, 0.5) is 0 Å². The maximum absolute atomic E-state index is 11.2. The fourth-order valence-corrected chi connectivity index (χ4v) is 2.31. The van der Waals surface area contributed by atoms with Crippen LogP contribution in [-0.2, 0) is 9.53 Å². The number of hydrogen-bond donors (Lipinski definition) is 0. The van der Waals surface area contributed by atoms with Gasteiger partial charge in [0, 0.05) is 4.48 Å².